The van der Waals surface area contributed by atoms with Gasteiger partial charge in [0.15, 0.2) is 0 Å². The van der Waals surface area contributed by atoms with Crippen molar-refractivity contribution in [2.45, 2.75) is 32.2 Å². The van der Waals surface area contributed by atoms with Gasteiger partial charge in [-0.15, -0.1) is 0 Å². The lowest BCUT2D eigenvalue weighted by molar-refractivity contribution is -0.131. The molecule has 40 heavy (non-hydrogen) atoms. The molecule has 2 aromatic carbocycles. The Hall–Kier alpha value is -4.31. The summed E-state index contributed by atoms with van der Waals surface area (Å²) in [6.07, 6.45) is 3.13. The molecule has 0 bridgehead atoms. The number of methoxy groups -OCH3 is 2. The Morgan fingerprint density at radius 3 is 2.58 bits per heavy atom. The van der Waals surface area contributed by atoms with Crippen LogP contribution in [0.5, 0.6) is 11.6 Å². The number of rotatable bonds is 9. The number of amides is 3. The van der Waals surface area contributed by atoms with E-state index in [1.165, 1.54) is 26.5 Å². The molecule has 2 heterocycles. The number of para-hydroxylation sites is 1. The van der Waals surface area contributed by atoms with Gasteiger partial charge < -0.3 is 29.7 Å². The number of aryl methyl sites for hydroxylation is 1. The molecule has 11 heteroatoms. The number of hydrogen-bond donors (Lipinski definition) is 2. The predicted molar refractivity (Wildman–Crippen MR) is 151 cm³/mol. The minimum atomic E-state index is -0.542. The predicted octanol–water partition coefficient (Wildman–Crippen LogP) is 5.10. The minimum absolute atomic E-state index is 0.0498. The van der Waals surface area contributed by atoms with Crippen molar-refractivity contribution in [3.05, 3.63) is 76.4 Å². The van der Waals surface area contributed by atoms with Gasteiger partial charge in [0.05, 0.1) is 37.9 Å². The lowest BCUT2D eigenvalue weighted by Crippen LogP contribution is -2.40. The standard InChI is InChI=1S/C29H31ClN4O6/c1-18-7-4-5-9-23(18)32-29(37)33-24-11-10-19(13-25(24)38-2)14-26(35)34-12-6-8-21(34)17-40-27-22(30)15-20(16-31-27)28(36)39-3/h4-5,7,9-11,13,15-16,21H,6,8,12,14,17H2,1-3H3,(H2,32,33,37). The maximum atomic E-state index is 13.2. The maximum Gasteiger partial charge on any atom is 0.339 e. The van der Waals surface area contributed by atoms with Gasteiger partial charge in [0.1, 0.15) is 17.4 Å². The zero-order valence-electron chi connectivity index (χ0n) is 22.5. The lowest BCUT2D eigenvalue weighted by atomic mass is 10.1. The molecule has 10 nitrogen and oxygen atoms in total. The summed E-state index contributed by atoms with van der Waals surface area (Å²) in [5.74, 6) is 0.0429. The fraction of sp³-hybridized carbons (Fsp3) is 0.310. The van der Waals surface area contributed by atoms with Crippen molar-refractivity contribution in [1.29, 1.82) is 0 Å². The van der Waals surface area contributed by atoms with E-state index in [-0.39, 0.29) is 41.4 Å². The summed E-state index contributed by atoms with van der Waals surface area (Å²) in [5.41, 5.74) is 3.11. The number of pyridine rings is 1. The third-order valence-electron chi connectivity index (χ3n) is 6.60. The molecule has 4 rings (SSSR count). The largest absolute Gasteiger partial charge is 0.495 e. The van der Waals surface area contributed by atoms with Crippen LogP contribution in [0, 0.1) is 6.92 Å². The molecule has 0 aliphatic carbocycles. The highest BCUT2D eigenvalue weighted by molar-refractivity contribution is 6.32. The first-order chi connectivity index (χ1) is 19.3. The molecule has 2 N–H and O–H groups in total. The average Bonchev–Trinajstić information content (AvgIpc) is 3.43. The van der Waals surface area contributed by atoms with Crippen molar-refractivity contribution < 1.29 is 28.6 Å². The second kappa shape index (κ2) is 13.2. The van der Waals surface area contributed by atoms with Crippen LogP contribution in [0.15, 0.2) is 54.7 Å². The molecule has 1 aliphatic heterocycles. The van der Waals surface area contributed by atoms with Crippen LogP contribution >= 0.6 is 11.6 Å². The number of aromatic nitrogens is 1. The monoisotopic (exact) mass is 566 g/mol. The fourth-order valence-corrected chi connectivity index (χ4v) is 4.71. The molecule has 1 saturated heterocycles. The van der Waals surface area contributed by atoms with E-state index in [9.17, 15) is 14.4 Å². The number of nitrogens with zero attached hydrogens (tertiary/aromatic N) is 2. The third kappa shape index (κ3) is 7.01. The number of carbonyl (C=O) groups excluding carboxylic acids is 3. The number of esters is 1. The van der Waals surface area contributed by atoms with Gasteiger partial charge in [-0.1, -0.05) is 35.9 Å². The lowest BCUT2D eigenvalue weighted by Gasteiger charge is -2.25. The summed E-state index contributed by atoms with van der Waals surface area (Å²) in [5, 5.41) is 5.81. The first kappa shape index (κ1) is 28.7. The highest BCUT2D eigenvalue weighted by Gasteiger charge is 2.30. The topological polar surface area (TPSA) is 119 Å². The summed E-state index contributed by atoms with van der Waals surface area (Å²) >= 11 is 6.22. The Morgan fingerprint density at radius 2 is 1.85 bits per heavy atom. The molecule has 3 amide bonds. The number of carbonyl (C=O) groups is 3. The van der Waals surface area contributed by atoms with Crippen LogP contribution in [0.2, 0.25) is 5.02 Å². The quantitative estimate of drug-likeness (QED) is 0.346. The highest BCUT2D eigenvalue weighted by atomic mass is 35.5. The Labute approximate surface area is 237 Å². The summed E-state index contributed by atoms with van der Waals surface area (Å²) in [6, 6.07) is 13.6. The van der Waals surface area contributed by atoms with Gasteiger partial charge in [0, 0.05) is 18.4 Å². The summed E-state index contributed by atoms with van der Waals surface area (Å²) in [4.78, 5) is 43.3. The number of urea groups is 1. The van der Waals surface area contributed by atoms with Gasteiger partial charge in [0.25, 0.3) is 0 Å². The second-order valence-electron chi connectivity index (χ2n) is 9.30. The maximum absolute atomic E-state index is 13.2. The zero-order valence-corrected chi connectivity index (χ0v) is 23.3. The molecular formula is C29H31ClN4O6. The Kier molecular flexibility index (Phi) is 9.44. The molecule has 1 aliphatic rings. The number of anilines is 2. The second-order valence-corrected chi connectivity index (χ2v) is 9.71. The number of benzene rings is 2. The highest BCUT2D eigenvalue weighted by Crippen LogP contribution is 2.28. The third-order valence-corrected chi connectivity index (χ3v) is 6.87. The smallest absolute Gasteiger partial charge is 0.339 e. The van der Waals surface area contributed by atoms with Crippen LogP contribution in [-0.2, 0) is 16.0 Å². The molecule has 0 radical (unpaired) electrons. The van der Waals surface area contributed by atoms with Crippen LogP contribution in [0.1, 0.15) is 34.3 Å². The molecule has 210 valence electrons. The number of nitrogens with one attached hydrogen (secondary N) is 2. The van der Waals surface area contributed by atoms with E-state index < -0.39 is 12.0 Å². The van der Waals surface area contributed by atoms with E-state index in [0.717, 1.165) is 24.0 Å². The van der Waals surface area contributed by atoms with Gasteiger partial charge in [-0.25, -0.2) is 14.6 Å². The average molecular weight is 567 g/mol. The fourth-order valence-electron chi connectivity index (χ4n) is 4.49. The zero-order chi connectivity index (χ0) is 28.6. The normalized spacial score (nSPS) is 14.4. The van der Waals surface area contributed by atoms with Crippen molar-refractivity contribution >= 4 is 40.9 Å². The van der Waals surface area contributed by atoms with Gasteiger partial charge in [-0.05, 0) is 55.2 Å². The first-order valence-electron chi connectivity index (χ1n) is 12.8. The van der Waals surface area contributed by atoms with Crippen LogP contribution in [0.3, 0.4) is 0 Å². The van der Waals surface area contributed by atoms with E-state index in [4.69, 9.17) is 21.1 Å². The summed E-state index contributed by atoms with van der Waals surface area (Å²) < 4.78 is 16.0. The van der Waals surface area contributed by atoms with Gasteiger partial charge >= 0.3 is 12.0 Å². The molecular weight excluding hydrogens is 536 g/mol. The van der Waals surface area contributed by atoms with Crippen molar-refractivity contribution in [1.82, 2.24) is 9.88 Å². The van der Waals surface area contributed by atoms with Gasteiger partial charge in [-0.2, -0.15) is 0 Å². The first-order valence-corrected chi connectivity index (χ1v) is 13.1. The SMILES string of the molecule is COC(=O)c1cnc(OCC2CCCN2C(=O)Cc2ccc(NC(=O)Nc3ccccc3C)c(OC)c2)c(Cl)c1. The van der Waals surface area contributed by atoms with E-state index >= 15 is 0 Å². The van der Waals surface area contributed by atoms with E-state index in [0.29, 0.717) is 23.7 Å². The Balaban J connectivity index is 1.35. The van der Waals surface area contributed by atoms with Crippen LogP contribution in [-0.4, -0.2) is 61.2 Å². The number of hydrogen-bond acceptors (Lipinski definition) is 7. The Morgan fingerprint density at radius 1 is 1.07 bits per heavy atom. The van der Waals surface area contributed by atoms with Crippen molar-refractivity contribution in [2.24, 2.45) is 0 Å². The number of ether oxygens (including phenoxy) is 3. The molecule has 0 spiro atoms. The van der Waals surface area contributed by atoms with Crippen LogP contribution < -0.4 is 20.1 Å². The van der Waals surface area contributed by atoms with Crippen molar-refractivity contribution in [2.75, 3.05) is 38.0 Å². The van der Waals surface area contributed by atoms with E-state index in [2.05, 4.69) is 20.4 Å². The molecule has 1 aromatic heterocycles. The number of likely N-dealkylation sites (tertiary alicyclic amines) is 1. The molecule has 3 aromatic rings. The molecule has 0 saturated carbocycles. The van der Waals surface area contributed by atoms with E-state index in [1.807, 2.05) is 31.2 Å². The van der Waals surface area contributed by atoms with Gasteiger partial charge in [-0.3, -0.25) is 4.79 Å². The van der Waals surface area contributed by atoms with Crippen molar-refractivity contribution in [3.63, 3.8) is 0 Å². The molecule has 1 atom stereocenters. The summed E-state index contributed by atoms with van der Waals surface area (Å²) in [7, 11) is 2.79. The molecule has 1 fully saturated rings. The van der Waals surface area contributed by atoms with Crippen LogP contribution in [0.25, 0.3) is 0 Å². The summed E-state index contributed by atoms with van der Waals surface area (Å²) in [6.45, 7) is 2.75. The minimum Gasteiger partial charge on any atom is -0.495 e. The van der Waals surface area contributed by atoms with Crippen LogP contribution in [0.4, 0.5) is 16.2 Å². The van der Waals surface area contributed by atoms with Gasteiger partial charge in [0.2, 0.25) is 11.8 Å². The number of halogens is 1. The van der Waals surface area contributed by atoms with E-state index in [1.54, 1.807) is 23.1 Å². The Bertz CT molecular complexity index is 1400. The molecule has 1 unspecified atom stereocenters. The van der Waals surface area contributed by atoms with Crippen molar-refractivity contribution in [3.8, 4) is 11.6 Å².